The highest BCUT2D eigenvalue weighted by molar-refractivity contribution is 9.10. The van der Waals surface area contributed by atoms with Crippen LogP contribution in [0.1, 0.15) is 16.7 Å². The van der Waals surface area contributed by atoms with E-state index in [4.69, 9.17) is 0 Å². The van der Waals surface area contributed by atoms with Crippen LogP contribution in [-0.2, 0) is 6.42 Å². The van der Waals surface area contributed by atoms with Gasteiger partial charge in [0.25, 0.3) is 0 Å². The normalized spacial score (nSPS) is 12.9. The molecule has 0 fully saturated rings. The predicted octanol–water partition coefficient (Wildman–Crippen LogP) is 2.74. The molecule has 1 unspecified atom stereocenters. The first-order valence-electron chi connectivity index (χ1n) is 4.69. The molecule has 0 aliphatic carbocycles. The Morgan fingerprint density at radius 3 is 3.07 bits per heavy atom. The molecule has 2 rings (SSSR count). The maximum absolute atomic E-state index is 4.24. The van der Waals surface area contributed by atoms with E-state index in [1.54, 1.807) is 17.5 Å². The Morgan fingerprint density at radius 1 is 1.67 bits per heavy atom. The molecule has 2 N–H and O–H groups in total. The van der Waals surface area contributed by atoms with Gasteiger partial charge in [-0.25, -0.2) is 4.98 Å². The lowest BCUT2D eigenvalue weighted by Crippen LogP contribution is -2.18. The Morgan fingerprint density at radius 2 is 2.53 bits per heavy atom. The summed E-state index contributed by atoms with van der Waals surface area (Å²) in [4.78, 5) is 8.67. The summed E-state index contributed by atoms with van der Waals surface area (Å²) in [5.41, 5.74) is 0. The van der Waals surface area contributed by atoms with Crippen LogP contribution < -0.4 is 5.32 Å². The summed E-state index contributed by atoms with van der Waals surface area (Å²) in [6.45, 7) is 0. The summed E-state index contributed by atoms with van der Waals surface area (Å²) in [6, 6.07) is 2.39. The van der Waals surface area contributed by atoms with Crippen molar-refractivity contribution in [2.45, 2.75) is 12.5 Å². The Labute approximate surface area is 101 Å². The van der Waals surface area contributed by atoms with Gasteiger partial charge in [0.05, 0.1) is 0 Å². The van der Waals surface area contributed by atoms with Gasteiger partial charge in [-0.2, -0.15) is 0 Å². The van der Waals surface area contributed by atoms with E-state index >= 15 is 0 Å². The molecule has 2 aromatic heterocycles. The van der Waals surface area contributed by atoms with Gasteiger partial charge in [-0.3, -0.25) is 0 Å². The average Bonchev–Trinajstić information content (AvgIpc) is 2.85. The molecule has 0 radical (unpaired) electrons. The zero-order valence-electron chi connectivity index (χ0n) is 8.33. The number of halogens is 1. The highest BCUT2D eigenvalue weighted by Crippen LogP contribution is 2.30. The molecule has 0 saturated heterocycles. The van der Waals surface area contributed by atoms with Gasteiger partial charge < -0.3 is 10.3 Å². The second-order valence-electron chi connectivity index (χ2n) is 3.21. The van der Waals surface area contributed by atoms with E-state index in [0.29, 0.717) is 6.04 Å². The first-order valence-corrected chi connectivity index (χ1v) is 6.37. The smallest absolute Gasteiger partial charge is 0.107 e. The van der Waals surface area contributed by atoms with Gasteiger partial charge in [0, 0.05) is 34.2 Å². The molecule has 15 heavy (non-hydrogen) atoms. The number of nitrogens with one attached hydrogen (secondary N) is 2. The first-order chi connectivity index (χ1) is 7.31. The number of likely N-dealkylation sites (N-methyl/N-ethyl adjacent to an activating group) is 1. The molecule has 0 aliphatic heterocycles. The van der Waals surface area contributed by atoms with Crippen LogP contribution >= 0.6 is 27.3 Å². The van der Waals surface area contributed by atoms with Gasteiger partial charge in [-0.15, -0.1) is 11.3 Å². The second-order valence-corrected chi connectivity index (χ2v) is 5.02. The van der Waals surface area contributed by atoms with Crippen molar-refractivity contribution in [3.8, 4) is 0 Å². The SMILES string of the molecule is CNC(Cc1ncc[nH]1)c1sccc1Br. The Hall–Kier alpha value is -0.650. The predicted molar refractivity (Wildman–Crippen MR) is 66.1 cm³/mol. The number of imidazole rings is 1. The molecule has 2 heterocycles. The standard InChI is InChI=1S/C10H12BrN3S/c1-12-8(6-9-13-3-4-14-9)10-7(11)2-5-15-10/h2-5,8,12H,6H2,1H3,(H,13,14). The molecule has 5 heteroatoms. The molecule has 0 aliphatic rings. The van der Waals surface area contributed by atoms with Crippen molar-refractivity contribution in [3.63, 3.8) is 0 Å². The number of aromatic amines is 1. The minimum absolute atomic E-state index is 0.311. The van der Waals surface area contributed by atoms with Crippen molar-refractivity contribution in [3.05, 3.63) is 39.0 Å². The van der Waals surface area contributed by atoms with E-state index in [0.717, 1.165) is 12.2 Å². The number of aromatic nitrogens is 2. The number of hydrogen-bond donors (Lipinski definition) is 2. The molecule has 0 amide bonds. The van der Waals surface area contributed by atoms with Gasteiger partial charge in [0.15, 0.2) is 0 Å². The van der Waals surface area contributed by atoms with Crippen LogP contribution in [0.15, 0.2) is 28.3 Å². The number of rotatable bonds is 4. The summed E-state index contributed by atoms with van der Waals surface area (Å²) < 4.78 is 1.17. The molecular weight excluding hydrogens is 274 g/mol. The summed E-state index contributed by atoms with van der Waals surface area (Å²) in [5.74, 6) is 1.01. The van der Waals surface area contributed by atoms with Crippen LogP contribution in [0.3, 0.4) is 0 Å². The fraction of sp³-hybridized carbons (Fsp3) is 0.300. The van der Waals surface area contributed by atoms with E-state index < -0.39 is 0 Å². The molecule has 3 nitrogen and oxygen atoms in total. The average molecular weight is 286 g/mol. The van der Waals surface area contributed by atoms with Gasteiger partial charge in [0.2, 0.25) is 0 Å². The van der Waals surface area contributed by atoms with Crippen LogP contribution in [0.2, 0.25) is 0 Å². The molecule has 0 aromatic carbocycles. The second kappa shape index (κ2) is 4.92. The molecule has 2 aromatic rings. The van der Waals surface area contributed by atoms with Crippen LogP contribution in [-0.4, -0.2) is 17.0 Å². The lowest BCUT2D eigenvalue weighted by Gasteiger charge is -2.13. The van der Waals surface area contributed by atoms with Gasteiger partial charge in [-0.1, -0.05) is 0 Å². The van der Waals surface area contributed by atoms with Crippen LogP contribution in [0, 0.1) is 0 Å². The first kappa shape index (κ1) is 10.9. The highest BCUT2D eigenvalue weighted by atomic mass is 79.9. The van der Waals surface area contributed by atoms with E-state index in [9.17, 15) is 0 Å². The zero-order chi connectivity index (χ0) is 10.7. The molecular formula is C10H12BrN3S. The fourth-order valence-electron chi connectivity index (χ4n) is 1.48. The van der Waals surface area contributed by atoms with Crippen molar-refractivity contribution in [1.29, 1.82) is 0 Å². The summed E-state index contributed by atoms with van der Waals surface area (Å²) in [6.07, 6.45) is 4.51. The molecule has 80 valence electrons. The summed E-state index contributed by atoms with van der Waals surface area (Å²) in [5, 5.41) is 5.39. The molecule has 0 saturated carbocycles. The lowest BCUT2D eigenvalue weighted by atomic mass is 10.1. The lowest BCUT2D eigenvalue weighted by molar-refractivity contribution is 0.585. The van der Waals surface area contributed by atoms with Crippen LogP contribution in [0.5, 0.6) is 0 Å². The number of nitrogens with zero attached hydrogens (tertiary/aromatic N) is 1. The maximum Gasteiger partial charge on any atom is 0.107 e. The van der Waals surface area contributed by atoms with Crippen molar-refractivity contribution in [1.82, 2.24) is 15.3 Å². The van der Waals surface area contributed by atoms with Gasteiger partial charge >= 0.3 is 0 Å². The van der Waals surface area contributed by atoms with E-state index in [1.807, 2.05) is 13.2 Å². The van der Waals surface area contributed by atoms with Crippen molar-refractivity contribution in [2.24, 2.45) is 0 Å². The van der Waals surface area contributed by atoms with Crippen LogP contribution in [0.25, 0.3) is 0 Å². The Bertz CT molecular complexity index is 410. The minimum Gasteiger partial charge on any atom is -0.349 e. The number of H-pyrrole nitrogens is 1. The van der Waals surface area contributed by atoms with Gasteiger partial charge in [-0.05, 0) is 34.4 Å². The summed E-state index contributed by atoms with van der Waals surface area (Å²) in [7, 11) is 1.97. The topological polar surface area (TPSA) is 40.7 Å². The third kappa shape index (κ3) is 2.48. The largest absolute Gasteiger partial charge is 0.349 e. The third-order valence-electron chi connectivity index (χ3n) is 2.26. The van der Waals surface area contributed by atoms with E-state index in [2.05, 4.69) is 42.7 Å². The molecule has 1 atom stereocenters. The number of hydrogen-bond acceptors (Lipinski definition) is 3. The summed E-state index contributed by atoms with van der Waals surface area (Å²) >= 11 is 5.30. The fourth-order valence-corrected chi connectivity index (χ4v) is 3.24. The third-order valence-corrected chi connectivity index (χ3v) is 4.25. The Balaban J connectivity index is 2.15. The van der Waals surface area contributed by atoms with Crippen molar-refractivity contribution in [2.75, 3.05) is 7.05 Å². The van der Waals surface area contributed by atoms with E-state index in [-0.39, 0.29) is 0 Å². The van der Waals surface area contributed by atoms with Crippen molar-refractivity contribution < 1.29 is 0 Å². The molecule has 0 spiro atoms. The van der Waals surface area contributed by atoms with Crippen molar-refractivity contribution >= 4 is 27.3 Å². The quantitative estimate of drug-likeness (QED) is 0.907. The maximum atomic E-state index is 4.24. The van der Waals surface area contributed by atoms with Gasteiger partial charge in [0.1, 0.15) is 5.82 Å². The Kier molecular flexibility index (Phi) is 3.56. The van der Waals surface area contributed by atoms with Crippen LogP contribution in [0.4, 0.5) is 0 Å². The zero-order valence-corrected chi connectivity index (χ0v) is 10.7. The molecule has 0 bridgehead atoms. The highest BCUT2D eigenvalue weighted by Gasteiger charge is 2.15. The monoisotopic (exact) mass is 285 g/mol. The minimum atomic E-state index is 0.311. The number of thiophene rings is 1. The van der Waals surface area contributed by atoms with E-state index in [1.165, 1.54) is 9.35 Å².